The highest BCUT2D eigenvalue weighted by atomic mass is 16.6. The number of carbonyl (C=O) groups excluding carboxylic acids is 4. The van der Waals surface area contributed by atoms with Crippen LogP contribution in [0.1, 0.15) is 48.5 Å². The van der Waals surface area contributed by atoms with Gasteiger partial charge in [0.1, 0.15) is 12.2 Å². The van der Waals surface area contributed by atoms with Crippen molar-refractivity contribution in [2.45, 2.75) is 85.1 Å². The Kier molecular flexibility index (Phi) is 10.5. The Balaban J connectivity index is 3.51. The molecule has 6 atom stereocenters. The third kappa shape index (κ3) is 7.00. The van der Waals surface area contributed by atoms with Crippen LogP contribution >= 0.6 is 0 Å². The van der Waals surface area contributed by atoms with Crippen molar-refractivity contribution in [3.8, 4) is 0 Å². The molecule has 0 bridgehead atoms. The molecule has 1 fully saturated rings. The van der Waals surface area contributed by atoms with Crippen LogP contribution in [-0.4, -0.2) is 70.7 Å². The highest BCUT2D eigenvalue weighted by molar-refractivity contribution is 5.89. The fourth-order valence-corrected chi connectivity index (χ4v) is 2.89. The van der Waals surface area contributed by atoms with Gasteiger partial charge in [-0.1, -0.05) is 18.2 Å². The number of allylic oxidation sites excluding steroid dienone is 3. The highest BCUT2D eigenvalue weighted by Gasteiger charge is 2.57. The Morgan fingerprint density at radius 1 is 0.545 bits per heavy atom. The van der Waals surface area contributed by atoms with Crippen molar-refractivity contribution in [2.75, 3.05) is 0 Å². The Morgan fingerprint density at radius 2 is 0.848 bits per heavy atom. The summed E-state index contributed by atoms with van der Waals surface area (Å²) >= 11 is 0. The van der Waals surface area contributed by atoms with Gasteiger partial charge in [-0.3, -0.25) is 4.79 Å². The first kappa shape index (κ1) is 28.1. The number of aliphatic hydroxyl groups is 2. The van der Waals surface area contributed by atoms with Crippen LogP contribution in [0.2, 0.25) is 0 Å². The summed E-state index contributed by atoms with van der Waals surface area (Å²) in [6.07, 6.45) is -5.68. The van der Waals surface area contributed by atoms with Crippen molar-refractivity contribution in [1.82, 2.24) is 0 Å². The lowest BCUT2D eigenvalue weighted by Crippen LogP contribution is -2.67. The van der Waals surface area contributed by atoms with E-state index in [4.69, 9.17) is 18.9 Å². The molecule has 0 heterocycles. The monoisotopic (exact) mass is 468 g/mol. The number of carbonyl (C=O) groups is 4. The molecular formula is C23H32O10. The highest BCUT2D eigenvalue weighted by Crippen LogP contribution is 2.32. The normalized spacial score (nSPS) is 28.6. The van der Waals surface area contributed by atoms with Crippen LogP contribution in [0.5, 0.6) is 0 Å². The number of rotatable bonds is 7. The van der Waals surface area contributed by atoms with Gasteiger partial charge < -0.3 is 29.2 Å². The van der Waals surface area contributed by atoms with E-state index < -0.39 is 60.5 Å². The van der Waals surface area contributed by atoms with Crippen LogP contribution in [0, 0.1) is 0 Å². The third-order valence-electron chi connectivity index (χ3n) is 5.29. The summed E-state index contributed by atoms with van der Waals surface area (Å²) in [5.41, 5.74) is 0.562. The molecule has 1 rings (SSSR count). The summed E-state index contributed by atoms with van der Waals surface area (Å²) in [5.74, 6) is -3.39. The van der Waals surface area contributed by atoms with Crippen molar-refractivity contribution >= 4 is 23.9 Å². The quantitative estimate of drug-likeness (QED) is 0.318. The fraction of sp³-hybridized carbons (Fsp3) is 0.565. The number of hydrogen-bond acceptors (Lipinski definition) is 10. The van der Waals surface area contributed by atoms with E-state index in [1.165, 1.54) is 39.0 Å². The Morgan fingerprint density at radius 3 is 1.18 bits per heavy atom. The average Bonchev–Trinajstić information content (AvgIpc) is 2.79. The van der Waals surface area contributed by atoms with E-state index >= 15 is 0 Å². The van der Waals surface area contributed by atoms with E-state index in [-0.39, 0.29) is 16.7 Å². The molecule has 0 saturated heterocycles. The topological polar surface area (TPSA) is 146 Å². The first-order valence-electron chi connectivity index (χ1n) is 10.4. The minimum absolute atomic E-state index is 0.186. The number of hydrogen-bond donors (Lipinski definition) is 2. The minimum Gasteiger partial charge on any atom is -0.455 e. The summed E-state index contributed by atoms with van der Waals surface area (Å²) in [7, 11) is 0. The molecule has 10 heteroatoms. The standard InChI is InChI=1S/C23H32O10/c1-8-11(4)21(27)31-17-15(25)18(30-14(7)24)20(33-23(29)13(6)10-3)19(16(17)26)32-22(28)12(5)9-2/h8-10,15-20,25-26H,1-7H3. The molecule has 0 aromatic heterocycles. The van der Waals surface area contributed by atoms with E-state index in [2.05, 4.69) is 0 Å². The average molecular weight is 468 g/mol. The molecule has 1 aliphatic rings. The summed E-state index contributed by atoms with van der Waals surface area (Å²) in [6.45, 7) is 10.2. The molecular weight excluding hydrogens is 436 g/mol. The summed E-state index contributed by atoms with van der Waals surface area (Å²) < 4.78 is 21.2. The van der Waals surface area contributed by atoms with Gasteiger partial charge in [0, 0.05) is 23.6 Å². The maximum Gasteiger partial charge on any atom is 0.333 e. The van der Waals surface area contributed by atoms with E-state index in [1.807, 2.05) is 0 Å². The first-order chi connectivity index (χ1) is 15.4. The van der Waals surface area contributed by atoms with Gasteiger partial charge in [-0.2, -0.15) is 0 Å². The van der Waals surface area contributed by atoms with Crippen molar-refractivity contribution in [2.24, 2.45) is 0 Å². The van der Waals surface area contributed by atoms with Crippen LogP contribution in [0.4, 0.5) is 0 Å². The molecule has 0 aliphatic heterocycles. The molecule has 0 aromatic rings. The van der Waals surface area contributed by atoms with Gasteiger partial charge in [-0.25, -0.2) is 14.4 Å². The van der Waals surface area contributed by atoms with Crippen LogP contribution in [0.15, 0.2) is 34.9 Å². The Bertz CT molecular complexity index is 853. The molecule has 1 aliphatic carbocycles. The van der Waals surface area contributed by atoms with Gasteiger partial charge in [0.15, 0.2) is 24.4 Å². The second-order valence-corrected chi connectivity index (χ2v) is 7.58. The van der Waals surface area contributed by atoms with Gasteiger partial charge in [-0.15, -0.1) is 0 Å². The molecule has 184 valence electrons. The number of esters is 4. The van der Waals surface area contributed by atoms with Gasteiger partial charge in [0.05, 0.1) is 0 Å². The number of ether oxygens (including phenoxy) is 4. The van der Waals surface area contributed by atoms with Crippen LogP contribution in [0.3, 0.4) is 0 Å². The second-order valence-electron chi connectivity index (χ2n) is 7.58. The maximum absolute atomic E-state index is 12.5. The Labute approximate surface area is 192 Å². The minimum atomic E-state index is -1.81. The van der Waals surface area contributed by atoms with E-state index in [0.717, 1.165) is 6.92 Å². The summed E-state index contributed by atoms with van der Waals surface area (Å²) in [4.78, 5) is 49.0. The zero-order valence-corrected chi connectivity index (χ0v) is 19.9. The van der Waals surface area contributed by atoms with E-state index in [1.54, 1.807) is 20.8 Å². The second kappa shape index (κ2) is 12.3. The lowest BCUT2D eigenvalue weighted by molar-refractivity contribution is -0.249. The zero-order chi connectivity index (χ0) is 25.5. The van der Waals surface area contributed by atoms with E-state index in [0.29, 0.717) is 0 Å². The van der Waals surface area contributed by atoms with Crippen molar-refractivity contribution in [1.29, 1.82) is 0 Å². The molecule has 33 heavy (non-hydrogen) atoms. The molecule has 2 N–H and O–H groups in total. The molecule has 1 saturated carbocycles. The maximum atomic E-state index is 12.5. The molecule has 10 nitrogen and oxygen atoms in total. The van der Waals surface area contributed by atoms with Gasteiger partial charge in [0.2, 0.25) is 0 Å². The third-order valence-corrected chi connectivity index (χ3v) is 5.29. The molecule has 6 unspecified atom stereocenters. The molecule has 0 spiro atoms. The lowest BCUT2D eigenvalue weighted by Gasteiger charge is -2.45. The predicted octanol–water partition coefficient (Wildman–Crippen LogP) is 1.29. The Hall–Kier alpha value is -2.98. The summed E-state index contributed by atoms with van der Waals surface area (Å²) in [6, 6.07) is 0. The molecule has 0 radical (unpaired) electrons. The smallest absolute Gasteiger partial charge is 0.333 e. The van der Waals surface area contributed by atoms with E-state index in [9.17, 15) is 29.4 Å². The van der Waals surface area contributed by atoms with Crippen molar-refractivity contribution < 1.29 is 48.3 Å². The number of aliphatic hydroxyl groups excluding tert-OH is 2. The van der Waals surface area contributed by atoms with Crippen LogP contribution in [0.25, 0.3) is 0 Å². The largest absolute Gasteiger partial charge is 0.455 e. The van der Waals surface area contributed by atoms with Crippen LogP contribution < -0.4 is 0 Å². The van der Waals surface area contributed by atoms with Crippen molar-refractivity contribution in [3.05, 3.63) is 34.9 Å². The lowest BCUT2D eigenvalue weighted by atomic mass is 9.84. The summed E-state index contributed by atoms with van der Waals surface area (Å²) in [5, 5.41) is 21.8. The molecule has 0 aromatic carbocycles. The van der Waals surface area contributed by atoms with Gasteiger partial charge in [-0.05, 0) is 41.5 Å². The first-order valence-corrected chi connectivity index (χ1v) is 10.4. The van der Waals surface area contributed by atoms with Crippen LogP contribution in [-0.2, 0) is 38.1 Å². The van der Waals surface area contributed by atoms with Crippen molar-refractivity contribution in [3.63, 3.8) is 0 Å². The van der Waals surface area contributed by atoms with Gasteiger partial charge >= 0.3 is 23.9 Å². The SMILES string of the molecule is CC=C(C)C(=O)OC1C(O)C(OC(C)=O)C(OC(=O)C(C)=CC)C(OC(=O)C(C)=CC)C1O. The fourth-order valence-electron chi connectivity index (χ4n) is 2.89. The van der Waals surface area contributed by atoms with Gasteiger partial charge in [0.25, 0.3) is 0 Å². The molecule has 0 amide bonds. The predicted molar refractivity (Wildman–Crippen MR) is 116 cm³/mol. The zero-order valence-electron chi connectivity index (χ0n) is 19.9.